The molecule has 156 valence electrons. The summed E-state index contributed by atoms with van der Waals surface area (Å²) < 4.78 is 5.46. The average molecular weight is 382 g/mol. The summed E-state index contributed by atoms with van der Waals surface area (Å²) in [5.74, 6) is 1.44. The number of guanidine groups is 1. The van der Waals surface area contributed by atoms with Crippen LogP contribution in [0.4, 0.5) is 4.79 Å². The van der Waals surface area contributed by atoms with Crippen LogP contribution in [0.1, 0.15) is 52.9 Å². The van der Waals surface area contributed by atoms with Gasteiger partial charge in [-0.15, -0.1) is 0 Å². The topological polar surface area (TPSA) is 69.2 Å². The average Bonchev–Trinajstić information content (AvgIpc) is 2.64. The van der Waals surface area contributed by atoms with Gasteiger partial charge in [-0.3, -0.25) is 4.99 Å². The van der Waals surface area contributed by atoms with Crippen molar-refractivity contribution >= 4 is 12.1 Å². The second-order valence-corrected chi connectivity index (χ2v) is 8.69. The second kappa shape index (κ2) is 10.7. The molecule has 1 amide bonds. The summed E-state index contributed by atoms with van der Waals surface area (Å²) in [5.41, 5.74) is -0.429. The minimum Gasteiger partial charge on any atom is -0.444 e. The number of likely N-dealkylation sites (tertiary alicyclic amines) is 2. The van der Waals surface area contributed by atoms with Crippen molar-refractivity contribution in [3.63, 3.8) is 0 Å². The number of hydrogen-bond donors (Lipinski definition) is 2. The molecule has 7 heteroatoms. The fourth-order valence-corrected chi connectivity index (χ4v) is 3.62. The van der Waals surface area contributed by atoms with E-state index in [0.717, 1.165) is 51.5 Å². The third kappa shape index (κ3) is 8.37. The van der Waals surface area contributed by atoms with Crippen molar-refractivity contribution in [1.82, 2.24) is 20.4 Å². The van der Waals surface area contributed by atoms with Gasteiger partial charge >= 0.3 is 6.09 Å². The quantitative estimate of drug-likeness (QED) is 0.565. The summed E-state index contributed by atoms with van der Waals surface area (Å²) in [6, 6.07) is 0. The van der Waals surface area contributed by atoms with Crippen LogP contribution in [0.25, 0.3) is 0 Å². The van der Waals surface area contributed by atoms with E-state index in [4.69, 9.17) is 4.74 Å². The zero-order chi connectivity index (χ0) is 19.7. The molecule has 0 aromatic carbocycles. The Morgan fingerprint density at radius 2 is 1.74 bits per heavy atom. The molecule has 0 aromatic heterocycles. The van der Waals surface area contributed by atoms with Gasteiger partial charge in [0, 0.05) is 39.8 Å². The molecule has 2 aliphatic heterocycles. The first-order chi connectivity index (χ1) is 12.9. The molecule has 7 nitrogen and oxygen atoms in total. The number of nitrogens with zero attached hydrogens (tertiary/aromatic N) is 3. The highest BCUT2D eigenvalue weighted by molar-refractivity contribution is 5.79. The first-order valence-corrected chi connectivity index (χ1v) is 10.5. The van der Waals surface area contributed by atoms with E-state index in [1.54, 1.807) is 0 Å². The van der Waals surface area contributed by atoms with Crippen LogP contribution in [0.5, 0.6) is 0 Å². The van der Waals surface area contributed by atoms with Crippen molar-refractivity contribution < 1.29 is 9.53 Å². The van der Waals surface area contributed by atoms with Crippen molar-refractivity contribution in [2.75, 3.05) is 52.9 Å². The van der Waals surface area contributed by atoms with Gasteiger partial charge in [-0.2, -0.15) is 0 Å². The molecule has 27 heavy (non-hydrogen) atoms. The van der Waals surface area contributed by atoms with Crippen LogP contribution in [0.15, 0.2) is 4.99 Å². The molecular weight excluding hydrogens is 342 g/mol. The largest absolute Gasteiger partial charge is 0.444 e. The predicted octanol–water partition coefficient (Wildman–Crippen LogP) is 2.28. The van der Waals surface area contributed by atoms with Crippen molar-refractivity contribution in [1.29, 1.82) is 0 Å². The Morgan fingerprint density at radius 3 is 2.33 bits per heavy atom. The maximum Gasteiger partial charge on any atom is 0.410 e. The number of aliphatic imine (C=N–C) groups is 1. The van der Waals surface area contributed by atoms with Crippen LogP contribution in [0.3, 0.4) is 0 Å². The number of carbonyl (C=O) groups is 1. The molecule has 0 atom stereocenters. The molecule has 0 saturated carbocycles. The first-order valence-electron chi connectivity index (χ1n) is 10.5. The Hall–Kier alpha value is -1.50. The van der Waals surface area contributed by atoms with Crippen LogP contribution in [0.2, 0.25) is 0 Å². The molecule has 0 aromatic rings. The number of amides is 1. The summed E-state index contributed by atoms with van der Waals surface area (Å²) in [4.78, 5) is 20.8. The van der Waals surface area contributed by atoms with Gasteiger partial charge in [0.05, 0.1) is 0 Å². The molecule has 2 aliphatic rings. The molecular formula is C20H39N5O2. The van der Waals surface area contributed by atoms with E-state index in [1.807, 2.05) is 32.7 Å². The number of piperidine rings is 2. The molecule has 2 fully saturated rings. The Kier molecular flexibility index (Phi) is 8.67. The lowest BCUT2D eigenvalue weighted by molar-refractivity contribution is 0.0185. The van der Waals surface area contributed by atoms with E-state index < -0.39 is 5.60 Å². The molecule has 0 unspecified atom stereocenters. The van der Waals surface area contributed by atoms with Gasteiger partial charge in [0.15, 0.2) is 5.96 Å². The number of hydrogen-bond acceptors (Lipinski definition) is 4. The number of carbonyl (C=O) groups excluding carboxylic acids is 1. The van der Waals surface area contributed by atoms with Gasteiger partial charge in [0.25, 0.3) is 0 Å². The molecule has 0 radical (unpaired) electrons. The number of rotatable bonds is 5. The van der Waals surface area contributed by atoms with Crippen LogP contribution >= 0.6 is 0 Å². The highest BCUT2D eigenvalue weighted by Crippen LogP contribution is 2.19. The predicted molar refractivity (Wildman–Crippen MR) is 110 cm³/mol. The van der Waals surface area contributed by atoms with E-state index in [0.29, 0.717) is 5.92 Å². The third-order valence-electron chi connectivity index (χ3n) is 5.22. The lowest BCUT2D eigenvalue weighted by Crippen LogP contribution is -2.46. The molecule has 0 aliphatic carbocycles. The molecule has 2 saturated heterocycles. The van der Waals surface area contributed by atoms with Crippen LogP contribution in [0, 0.1) is 5.92 Å². The van der Waals surface area contributed by atoms with E-state index >= 15 is 0 Å². The van der Waals surface area contributed by atoms with Crippen LogP contribution in [-0.4, -0.2) is 80.3 Å². The zero-order valence-corrected chi connectivity index (χ0v) is 17.7. The van der Waals surface area contributed by atoms with Gasteiger partial charge in [-0.1, -0.05) is 6.42 Å². The van der Waals surface area contributed by atoms with Gasteiger partial charge in [0.2, 0.25) is 0 Å². The summed E-state index contributed by atoms with van der Waals surface area (Å²) >= 11 is 0. The maximum atomic E-state index is 12.1. The van der Waals surface area contributed by atoms with E-state index in [9.17, 15) is 4.79 Å². The Bertz CT molecular complexity index is 475. The normalized spacial score (nSPS) is 20.4. The van der Waals surface area contributed by atoms with Crippen molar-refractivity contribution in [2.24, 2.45) is 10.9 Å². The smallest absolute Gasteiger partial charge is 0.410 e. The Balaban J connectivity index is 1.61. The zero-order valence-electron chi connectivity index (χ0n) is 17.7. The van der Waals surface area contributed by atoms with Gasteiger partial charge in [-0.05, 0) is 65.5 Å². The van der Waals surface area contributed by atoms with Crippen molar-refractivity contribution in [2.45, 2.75) is 58.5 Å². The fourth-order valence-electron chi connectivity index (χ4n) is 3.62. The van der Waals surface area contributed by atoms with Gasteiger partial charge in [0.1, 0.15) is 5.60 Å². The van der Waals surface area contributed by atoms with E-state index in [2.05, 4.69) is 20.5 Å². The lowest BCUT2D eigenvalue weighted by atomic mass is 9.97. The molecule has 2 rings (SSSR count). The van der Waals surface area contributed by atoms with Gasteiger partial charge in [-0.25, -0.2) is 4.79 Å². The highest BCUT2D eigenvalue weighted by atomic mass is 16.6. The Labute approximate surface area is 164 Å². The number of ether oxygens (including phenoxy) is 1. The van der Waals surface area contributed by atoms with Crippen LogP contribution < -0.4 is 10.6 Å². The van der Waals surface area contributed by atoms with Crippen molar-refractivity contribution in [3.05, 3.63) is 0 Å². The van der Waals surface area contributed by atoms with E-state index in [-0.39, 0.29) is 6.09 Å². The van der Waals surface area contributed by atoms with Crippen LogP contribution in [-0.2, 0) is 4.74 Å². The standard InChI is InChI=1S/C20H39N5O2/c1-20(2,3)27-19(26)25-13-8-17(9-14-25)16-23-18(21-4)22-10-15-24-11-6-5-7-12-24/h17H,5-16H2,1-4H3,(H2,21,22,23). The minimum absolute atomic E-state index is 0.191. The van der Waals surface area contributed by atoms with E-state index in [1.165, 1.54) is 32.4 Å². The monoisotopic (exact) mass is 381 g/mol. The minimum atomic E-state index is -0.429. The summed E-state index contributed by atoms with van der Waals surface area (Å²) in [6.45, 7) is 12.6. The first kappa shape index (κ1) is 21.8. The summed E-state index contributed by atoms with van der Waals surface area (Å²) in [6.07, 6.45) is 5.84. The maximum absolute atomic E-state index is 12.1. The molecule has 0 bridgehead atoms. The molecule has 2 N–H and O–H groups in total. The van der Waals surface area contributed by atoms with Crippen molar-refractivity contribution in [3.8, 4) is 0 Å². The SMILES string of the molecule is CN=C(NCCN1CCCCC1)NCC1CCN(C(=O)OC(C)(C)C)CC1. The summed E-state index contributed by atoms with van der Waals surface area (Å²) in [5, 5.41) is 6.87. The highest BCUT2D eigenvalue weighted by Gasteiger charge is 2.26. The summed E-state index contributed by atoms with van der Waals surface area (Å²) in [7, 11) is 1.82. The molecule has 2 heterocycles. The third-order valence-corrected chi connectivity index (χ3v) is 5.22. The number of nitrogens with one attached hydrogen (secondary N) is 2. The lowest BCUT2D eigenvalue weighted by Gasteiger charge is -2.33. The second-order valence-electron chi connectivity index (χ2n) is 8.69. The Morgan fingerprint density at radius 1 is 1.07 bits per heavy atom. The van der Waals surface area contributed by atoms with Gasteiger partial charge < -0.3 is 25.2 Å². The fraction of sp³-hybridized carbons (Fsp3) is 0.900. The molecule has 0 spiro atoms.